The molecule has 2 heterocycles. The summed E-state index contributed by atoms with van der Waals surface area (Å²) in [7, 11) is 0. The molecule has 1 N–H and O–H groups in total. The van der Waals surface area contributed by atoms with Crippen LogP contribution in [0.2, 0.25) is 0 Å². The lowest BCUT2D eigenvalue weighted by Crippen LogP contribution is -2.55. The minimum Gasteiger partial charge on any atom is -0.445 e. The molecular weight excluding hydrogens is 370 g/mol. The van der Waals surface area contributed by atoms with Crippen molar-refractivity contribution in [2.24, 2.45) is 5.92 Å². The number of rotatable bonds is 5. The number of likely N-dealkylation sites (tertiary alicyclic amines) is 1. The number of piperidine rings is 1. The average molecular weight is 397 g/mol. The number of benzene rings is 1. The van der Waals surface area contributed by atoms with Crippen molar-refractivity contribution in [3.63, 3.8) is 0 Å². The molecule has 7 heteroatoms. The molecule has 1 aliphatic heterocycles. The number of nitrogens with zero attached hydrogens (tertiary/aromatic N) is 2. The van der Waals surface area contributed by atoms with Crippen LogP contribution in [0.1, 0.15) is 60.8 Å². The van der Waals surface area contributed by atoms with Crippen molar-refractivity contribution < 1.29 is 18.8 Å². The van der Waals surface area contributed by atoms with Crippen molar-refractivity contribution in [1.29, 1.82) is 0 Å². The van der Waals surface area contributed by atoms with Gasteiger partial charge in [0.15, 0.2) is 5.69 Å². The van der Waals surface area contributed by atoms with Gasteiger partial charge in [-0.25, -0.2) is 4.79 Å². The number of carbonyl (C=O) groups is 2. The van der Waals surface area contributed by atoms with Gasteiger partial charge in [-0.1, -0.05) is 42.4 Å². The number of hydrogen-bond donors (Lipinski definition) is 1. The smallest absolute Gasteiger partial charge is 0.410 e. The molecule has 0 unspecified atom stereocenters. The molecular formula is C22H27N3O4. The summed E-state index contributed by atoms with van der Waals surface area (Å²) in [5, 5.41) is 6.98. The van der Waals surface area contributed by atoms with E-state index in [0.717, 1.165) is 24.2 Å². The van der Waals surface area contributed by atoms with E-state index in [2.05, 4.69) is 10.5 Å². The Morgan fingerprint density at radius 2 is 2.00 bits per heavy atom. The van der Waals surface area contributed by atoms with Crippen LogP contribution in [0, 0.1) is 5.92 Å². The fourth-order valence-electron chi connectivity index (χ4n) is 3.80. The number of amides is 2. The molecule has 2 aromatic rings. The van der Waals surface area contributed by atoms with Gasteiger partial charge < -0.3 is 19.5 Å². The monoisotopic (exact) mass is 397 g/mol. The Morgan fingerprint density at radius 3 is 2.72 bits per heavy atom. The maximum Gasteiger partial charge on any atom is 0.410 e. The van der Waals surface area contributed by atoms with Gasteiger partial charge in [-0.05, 0) is 37.7 Å². The first-order valence-electron chi connectivity index (χ1n) is 10.3. The average Bonchev–Trinajstić information content (AvgIpc) is 3.45. The summed E-state index contributed by atoms with van der Waals surface area (Å²) in [4.78, 5) is 26.8. The molecule has 0 radical (unpaired) electrons. The van der Waals surface area contributed by atoms with E-state index in [-0.39, 0.29) is 36.6 Å². The minimum atomic E-state index is -0.316. The van der Waals surface area contributed by atoms with Crippen molar-refractivity contribution in [3.8, 4) is 0 Å². The van der Waals surface area contributed by atoms with E-state index in [0.29, 0.717) is 24.6 Å². The summed E-state index contributed by atoms with van der Waals surface area (Å²) in [5.74, 6) is 1.11. The van der Waals surface area contributed by atoms with Gasteiger partial charge >= 0.3 is 6.09 Å². The fourth-order valence-corrected chi connectivity index (χ4v) is 3.80. The van der Waals surface area contributed by atoms with Crippen molar-refractivity contribution in [3.05, 3.63) is 53.4 Å². The molecule has 1 aromatic heterocycles. The van der Waals surface area contributed by atoms with Crippen molar-refractivity contribution in [2.45, 2.75) is 57.7 Å². The van der Waals surface area contributed by atoms with E-state index >= 15 is 0 Å². The van der Waals surface area contributed by atoms with Gasteiger partial charge in [-0.2, -0.15) is 0 Å². The van der Waals surface area contributed by atoms with E-state index in [1.54, 1.807) is 11.0 Å². The quantitative estimate of drug-likeness (QED) is 0.831. The molecule has 7 nitrogen and oxygen atoms in total. The van der Waals surface area contributed by atoms with Crippen LogP contribution in [0.25, 0.3) is 0 Å². The number of ether oxygens (including phenoxy) is 1. The number of aromatic nitrogens is 1. The molecule has 154 valence electrons. The number of hydrogen-bond acceptors (Lipinski definition) is 5. The molecule has 29 heavy (non-hydrogen) atoms. The van der Waals surface area contributed by atoms with E-state index in [1.165, 1.54) is 0 Å². The number of carbonyl (C=O) groups excluding carboxylic acids is 2. The lowest BCUT2D eigenvalue weighted by Gasteiger charge is -2.41. The lowest BCUT2D eigenvalue weighted by molar-refractivity contribution is 0.0496. The van der Waals surface area contributed by atoms with E-state index < -0.39 is 0 Å². The minimum absolute atomic E-state index is 0.0286. The molecule has 1 aromatic carbocycles. The third kappa shape index (κ3) is 4.60. The fraction of sp³-hybridized carbons (Fsp3) is 0.500. The zero-order valence-corrected chi connectivity index (χ0v) is 16.8. The van der Waals surface area contributed by atoms with Crippen LogP contribution in [0.5, 0.6) is 0 Å². The summed E-state index contributed by atoms with van der Waals surface area (Å²) in [5.41, 5.74) is 1.29. The molecule has 1 saturated heterocycles. The van der Waals surface area contributed by atoms with Crippen molar-refractivity contribution in [1.82, 2.24) is 15.4 Å². The Bertz CT molecular complexity index is 862. The van der Waals surface area contributed by atoms with Gasteiger partial charge in [0.25, 0.3) is 5.91 Å². The maximum atomic E-state index is 12.6. The van der Waals surface area contributed by atoms with Gasteiger partial charge in [0.05, 0.1) is 0 Å². The van der Waals surface area contributed by atoms with Crippen LogP contribution >= 0.6 is 0 Å². The second kappa shape index (κ2) is 8.27. The first-order chi connectivity index (χ1) is 14.0. The molecule has 1 saturated carbocycles. The summed E-state index contributed by atoms with van der Waals surface area (Å²) < 4.78 is 10.8. The molecule has 1 aliphatic carbocycles. The highest BCUT2D eigenvalue weighted by molar-refractivity contribution is 5.92. The third-order valence-electron chi connectivity index (χ3n) is 5.80. The summed E-state index contributed by atoms with van der Waals surface area (Å²) in [6.07, 6.45) is 2.55. The van der Waals surface area contributed by atoms with Gasteiger partial charge in [0, 0.05) is 30.6 Å². The van der Waals surface area contributed by atoms with E-state index in [9.17, 15) is 9.59 Å². The van der Waals surface area contributed by atoms with Gasteiger partial charge in [0.2, 0.25) is 0 Å². The zero-order chi connectivity index (χ0) is 20.4. The summed E-state index contributed by atoms with van der Waals surface area (Å²) in [6, 6.07) is 11.3. The Labute approximate surface area is 170 Å². The molecule has 0 spiro atoms. The first kappa shape index (κ1) is 19.5. The van der Waals surface area contributed by atoms with Crippen molar-refractivity contribution >= 4 is 12.0 Å². The Kier molecular flexibility index (Phi) is 5.56. The topological polar surface area (TPSA) is 84.7 Å². The zero-order valence-electron chi connectivity index (χ0n) is 16.8. The Morgan fingerprint density at radius 1 is 1.24 bits per heavy atom. The Hall–Kier alpha value is -2.83. The van der Waals surface area contributed by atoms with Gasteiger partial charge in [0.1, 0.15) is 12.4 Å². The lowest BCUT2D eigenvalue weighted by atomic mass is 9.89. The van der Waals surface area contributed by atoms with Gasteiger partial charge in [-0.15, -0.1) is 0 Å². The number of nitrogens with one attached hydrogen (secondary N) is 1. The largest absolute Gasteiger partial charge is 0.445 e. The van der Waals surface area contributed by atoms with Gasteiger partial charge in [-0.3, -0.25) is 4.79 Å². The second-order valence-electron chi connectivity index (χ2n) is 8.22. The SMILES string of the molecule is C[C@H]1CN(C(=O)OCc2ccccc2)[C@@H](C)C[C@H]1NC(=O)c1cc(C2CC2)on1. The molecule has 3 atom stereocenters. The highest BCUT2D eigenvalue weighted by Gasteiger charge is 2.36. The molecule has 2 aliphatic rings. The molecule has 2 fully saturated rings. The van der Waals surface area contributed by atoms with E-state index in [4.69, 9.17) is 9.26 Å². The molecule has 4 rings (SSSR count). The third-order valence-corrected chi connectivity index (χ3v) is 5.80. The predicted molar refractivity (Wildman–Crippen MR) is 106 cm³/mol. The van der Waals surface area contributed by atoms with Crippen LogP contribution in [0.3, 0.4) is 0 Å². The van der Waals surface area contributed by atoms with Crippen LogP contribution in [0.4, 0.5) is 4.79 Å². The second-order valence-corrected chi connectivity index (χ2v) is 8.22. The summed E-state index contributed by atoms with van der Waals surface area (Å²) in [6.45, 7) is 4.81. The molecule has 0 bridgehead atoms. The van der Waals surface area contributed by atoms with E-state index in [1.807, 2.05) is 44.2 Å². The van der Waals surface area contributed by atoms with Crippen LogP contribution < -0.4 is 5.32 Å². The standard InChI is InChI=1S/C22H27N3O4/c1-14-12-25(22(27)28-13-16-6-4-3-5-7-16)15(2)10-18(14)23-21(26)19-11-20(29-24-19)17-8-9-17/h3-7,11,14-15,17-18H,8-10,12-13H2,1-2H3,(H,23,26)/t14-,15-,18+/m0/s1. The Balaban J connectivity index is 1.30. The highest BCUT2D eigenvalue weighted by Crippen LogP contribution is 2.40. The highest BCUT2D eigenvalue weighted by atomic mass is 16.6. The summed E-state index contributed by atoms with van der Waals surface area (Å²) >= 11 is 0. The predicted octanol–water partition coefficient (Wildman–Crippen LogP) is 3.72. The normalized spacial score (nSPS) is 24.2. The van der Waals surface area contributed by atoms with Crippen LogP contribution in [-0.2, 0) is 11.3 Å². The van der Waals surface area contributed by atoms with Crippen LogP contribution in [-0.4, -0.2) is 40.7 Å². The molecule has 2 amide bonds. The first-order valence-corrected chi connectivity index (χ1v) is 10.3. The van der Waals surface area contributed by atoms with Crippen molar-refractivity contribution in [2.75, 3.05) is 6.54 Å². The van der Waals surface area contributed by atoms with Crippen LogP contribution in [0.15, 0.2) is 40.9 Å². The maximum absolute atomic E-state index is 12.6.